The molecule has 144 valence electrons. The molecule has 1 saturated heterocycles. The van der Waals surface area contributed by atoms with Crippen molar-refractivity contribution in [3.05, 3.63) is 53.1 Å². The van der Waals surface area contributed by atoms with Gasteiger partial charge < -0.3 is 25.2 Å². The molecule has 2 heterocycles. The standard InChI is InChI=1S/C21H25ClN2O3/c22-16-5-6-19-15(11-16)12-21(27-19)7-9-24(10-8-21)13-17(25)14-26-20-4-2-1-3-18(20)23/h1-6,11,17,25H,7-10,12-14,23H2/t17-/m0/s1. The van der Waals surface area contributed by atoms with Gasteiger partial charge in [-0.25, -0.2) is 0 Å². The van der Waals surface area contributed by atoms with E-state index in [0.717, 1.165) is 43.1 Å². The molecule has 2 aliphatic heterocycles. The minimum Gasteiger partial charge on any atom is -0.489 e. The first-order valence-electron chi connectivity index (χ1n) is 9.38. The molecule has 0 unspecified atom stereocenters. The van der Waals surface area contributed by atoms with Crippen LogP contribution in [0.1, 0.15) is 18.4 Å². The van der Waals surface area contributed by atoms with Crippen LogP contribution in [0, 0.1) is 0 Å². The van der Waals surface area contributed by atoms with Gasteiger partial charge in [0.2, 0.25) is 0 Å². The molecule has 1 atom stereocenters. The normalized spacial score (nSPS) is 19.5. The van der Waals surface area contributed by atoms with Crippen LogP contribution in [0.2, 0.25) is 5.02 Å². The molecule has 0 amide bonds. The molecule has 0 aliphatic carbocycles. The molecule has 1 fully saturated rings. The molecule has 3 N–H and O–H groups in total. The quantitative estimate of drug-likeness (QED) is 0.770. The van der Waals surface area contributed by atoms with Gasteiger partial charge in [-0.05, 0) is 35.9 Å². The van der Waals surface area contributed by atoms with Gasteiger partial charge in [0.1, 0.15) is 29.8 Å². The van der Waals surface area contributed by atoms with Crippen LogP contribution in [0.3, 0.4) is 0 Å². The summed E-state index contributed by atoms with van der Waals surface area (Å²) in [7, 11) is 0. The van der Waals surface area contributed by atoms with Crippen molar-refractivity contribution in [3.63, 3.8) is 0 Å². The predicted octanol–water partition coefficient (Wildman–Crippen LogP) is 3.13. The molecule has 6 heteroatoms. The Morgan fingerprint density at radius 2 is 2.00 bits per heavy atom. The van der Waals surface area contributed by atoms with Crippen molar-refractivity contribution in [2.75, 3.05) is 32.0 Å². The van der Waals surface area contributed by atoms with Gasteiger partial charge in [0, 0.05) is 43.9 Å². The molecule has 5 nitrogen and oxygen atoms in total. The van der Waals surface area contributed by atoms with E-state index in [-0.39, 0.29) is 12.2 Å². The third-order valence-corrected chi connectivity index (χ3v) is 5.68. The highest BCUT2D eigenvalue weighted by molar-refractivity contribution is 6.30. The monoisotopic (exact) mass is 388 g/mol. The van der Waals surface area contributed by atoms with E-state index in [1.807, 2.05) is 36.4 Å². The fraction of sp³-hybridized carbons (Fsp3) is 0.429. The van der Waals surface area contributed by atoms with Crippen LogP contribution in [0.4, 0.5) is 5.69 Å². The smallest absolute Gasteiger partial charge is 0.142 e. The van der Waals surface area contributed by atoms with E-state index in [1.165, 1.54) is 5.56 Å². The number of aliphatic hydroxyl groups is 1. The zero-order chi connectivity index (χ0) is 18.9. The SMILES string of the molecule is Nc1ccccc1OC[C@@H](O)CN1CCC2(CC1)Cc1cc(Cl)ccc1O2. The molecule has 0 bridgehead atoms. The fourth-order valence-electron chi connectivity index (χ4n) is 3.97. The van der Waals surface area contributed by atoms with E-state index in [2.05, 4.69) is 4.90 Å². The number of benzene rings is 2. The largest absolute Gasteiger partial charge is 0.489 e. The summed E-state index contributed by atoms with van der Waals surface area (Å²) < 4.78 is 11.9. The lowest BCUT2D eigenvalue weighted by Gasteiger charge is -2.39. The molecule has 2 aromatic carbocycles. The number of halogens is 1. The maximum atomic E-state index is 10.3. The maximum Gasteiger partial charge on any atom is 0.142 e. The van der Waals surface area contributed by atoms with Crippen LogP contribution in [0.15, 0.2) is 42.5 Å². The minimum absolute atomic E-state index is 0.122. The molecule has 1 spiro atoms. The number of nitrogens with zero attached hydrogens (tertiary/aromatic N) is 1. The Morgan fingerprint density at radius 3 is 2.78 bits per heavy atom. The highest BCUT2D eigenvalue weighted by Crippen LogP contribution is 2.41. The summed E-state index contributed by atoms with van der Waals surface area (Å²) in [5.41, 5.74) is 7.53. The number of aliphatic hydroxyl groups excluding tert-OH is 1. The van der Waals surface area contributed by atoms with E-state index >= 15 is 0 Å². The second-order valence-corrected chi connectivity index (χ2v) is 7.95. The van der Waals surface area contributed by atoms with E-state index in [4.69, 9.17) is 26.8 Å². The number of β-amino-alcohol motifs (C(OH)–C–C–N with tert-alkyl or cyclic N) is 1. The van der Waals surface area contributed by atoms with Gasteiger partial charge in [-0.15, -0.1) is 0 Å². The van der Waals surface area contributed by atoms with Crippen LogP contribution in [0.5, 0.6) is 11.5 Å². The first-order valence-corrected chi connectivity index (χ1v) is 9.76. The van der Waals surface area contributed by atoms with E-state index in [1.54, 1.807) is 6.07 Å². The Morgan fingerprint density at radius 1 is 1.22 bits per heavy atom. The fourth-order valence-corrected chi connectivity index (χ4v) is 4.17. The van der Waals surface area contributed by atoms with Crippen LogP contribution < -0.4 is 15.2 Å². The zero-order valence-electron chi connectivity index (χ0n) is 15.2. The first-order chi connectivity index (χ1) is 13.0. The summed E-state index contributed by atoms with van der Waals surface area (Å²) >= 11 is 6.10. The Labute approximate surface area is 164 Å². The van der Waals surface area contributed by atoms with E-state index < -0.39 is 6.10 Å². The summed E-state index contributed by atoms with van der Waals surface area (Å²) in [5.74, 6) is 1.58. The number of nitrogen functional groups attached to an aromatic ring is 1. The average Bonchev–Trinajstić information content (AvgIpc) is 3.00. The number of anilines is 1. The Hall–Kier alpha value is -1.95. The summed E-state index contributed by atoms with van der Waals surface area (Å²) in [6.07, 6.45) is 2.24. The van der Waals surface area contributed by atoms with Gasteiger partial charge in [-0.2, -0.15) is 0 Å². The summed E-state index contributed by atoms with van der Waals surface area (Å²) in [5, 5.41) is 11.1. The van der Waals surface area contributed by atoms with Gasteiger partial charge in [-0.1, -0.05) is 23.7 Å². The number of rotatable bonds is 5. The minimum atomic E-state index is -0.556. The lowest BCUT2D eigenvalue weighted by Crippen LogP contribution is -2.49. The average molecular weight is 389 g/mol. The van der Waals surface area contributed by atoms with Crippen LogP contribution in [-0.2, 0) is 6.42 Å². The van der Waals surface area contributed by atoms with Gasteiger partial charge >= 0.3 is 0 Å². The van der Waals surface area contributed by atoms with E-state index in [0.29, 0.717) is 18.0 Å². The number of fused-ring (bicyclic) bond motifs is 1. The second-order valence-electron chi connectivity index (χ2n) is 7.52. The first kappa shape index (κ1) is 18.4. The third-order valence-electron chi connectivity index (χ3n) is 5.45. The van der Waals surface area contributed by atoms with Crippen LogP contribution >= 0.6 is 11.6 Å². The summed E-state index contributed by atoms with van der Waals surface area (Å²) in [6, 6.07) is 13.2. The summed E-state index contributed by atoms with van der Waals surface area (Å²) in [6.45, 7) is 2.61. The number of hydrogen-bond acceptors (Lipinski definition) is 5. The number of para-hydroxylation sites is 2. The lowest BCUT2D eigenvalue weighted by atomic mass is 9.87. The van der Waals surface area contributed by atoms with Crippen molar-refractivity contribution < 1.29 is 14.6 Å². The molecule has 0 radical (unpaired) electrons. The number of piperidine rings is 1. The van der Waals surface area contributed by atoms with Crippen molar-refractivity contribution in [1.82, 2.24) is 4.90 Å². The molecule has 0 aromatic heterocycles. The molecule has 0 saturated carbocycles. The Balaban J connectivity index is 1.26. The molecular weight excluding hydrogens is 364 g/mol. The lowest BCUT2D eigenvalue weighted by molar-refractivity contribution is -0.00191. The highest BCUT2D eigenvalue weighted by atomic mass is 35.5. The molecule has 27 heavy (non-hydrogen) atoms. The van der Waals surface area contributed by atoms with Crippen molar-refractivity contribution in [1.29, 1.82) is 0 Å². The number of likely N-dealkylation sites (tertiary alicyclic amines) is 1. The van der Waals surface area contributed by atoms with Crippen molar-refractivity contribution in [2.24, 2.45) is 0 Å². The maximum absolute atomic E-state index is 10.3. The third kappa shape index (κ3) is 4.15. The topological polar surface area (TPSA) is 68.0 Å². The zero-order valence-corrected chi connectivity index (χ0v) is 16.0. The number of hydrogen-bond donors (Lipinski definition) is 2. The van der Waals surface area contributed by atoms with E-state index in [9.17, 15) is 5.11 Å². The highest BCUT2D eigenvalue weighted by Gasteiger charge is 2.42. The van der Waals surface area contributed by atoms with Gasteiger partial charge in [-0.3, -0.25) is 0 Å². The molecular formula is C21H25ClN2O3. The number of nitrogens with two attached hydrogens (primary N) is 1. The van der Waals surface area contributed by atoms with Crippen LogP contribution in [-0.4, -0.2) is 48.0 Å². The summed E-state index contributed by atoms with van der Waals surface area (Å²) in [4.78, 5) is 2.27. The Kier molecular flexibility index (Phi) is 5.17. The van der Waals surface area contributed by atoms with Crippen molar-refractivity contribution in [3.8, 4) is 11.5 Å². The molecule has 2 aromatic rings. The second kappa shape index (κ2) is 7.58. The van der Waals surface area contributed by atoms with Gasteiger partial charge in [0.05, 0.1) is 5.69 Å². The molecule has 4 rings (SSSR count). The van der Waals surface area contributed by atoms with Gasteiger partial charge in [0.25, 0.3) is 0 Å². The predicted molar refractivity (Wildman–Crippen MR) is 107 cm³/mol. The van der Waals surface area contributed by atoms with Gasteiger partial charge in [0.15, 0.2) is 0 Å². The Bertz CT molecular complexity index is 806. The number of ether oxygens (including phenoxy) is 2. The molecule has 2 aliphatic rings. The van der Waals surface area contributed by atoms with Crippen molar-refractivity contribution in [2.45, 2.75) is 31.0 Å². The van der Waals surface area contributed by atoms with Crippen molar-refractivity contribution >= 4 is 17.3 Å². The van der Waals surface area contributed by atoms with Crippen LogP contribution in [0.25, 0.3) is 0 Å².